The monoisotopic (exact) mass is 492 g/mol. The molecule has 36 heavy (non-hydrogen) atoms. The minimum Gasteiger partial charge on any atom is -0.497 e. The Hall–Kier alpha value is -3.85. The van der Waals surface area contributed by atoms with Crippen molar-refractivity contribution in [1.29, 1.82) is 0 Å². The summed E-state index contributed by atoms with van der Waals surface area (Å²) in [5, 5.41) is 7.33. The number of aromatic nitrogens is 2. The van der Waals surface area contributed by atoms with E-state index in [-0.39, 0.29) is 12.1 Å². The molecule has 0 radical (unpaired) electrons. The van der Waals surface area contributed by atoms with Gasteiger partial charge in [-0.25, -0.2) is 4.79 Å². The van der Waals surface area contributed by atoms with Gasteiger partial charge in [-0.3, -0.25) is 4.90 Å². The van der Waals surface area contributed by atoms with Crippen molar-refractivity contribution < 1.29 is 23.5 Å². The summed E-state index contributed by atoms with van der Waals surface area (Å²) in [5.74, 6) is 2.21. The Balaban J connectivity index is 1.71. The van der Waals surface area contributed by atoms with Crippen LogP contribution in [-0.2, 0) is 4.74 Å². The van der Waals surface area contributed by atoms with Gasteiger partial charge in [0, 0.05) is 24.4 Å². The van der Waals surface area contributed by atoms with Gasteiger partial charge in [0.05, 0.1) is 31.9 Å². The van der Waals surface area contributed by atoms with Crippen LogP contribution < -0.4 is 14.8 Å². The van der Waals surface area contributed by atoms with Crippen molar-refractivity contribution in [3.63, 3.8) is 0 Å². The molecule has 2 heterocycles. The Bertz CT molecular complexity index is 1220. The largest absolute Gasteiger partial charge is 0.497 e. The molecule has 9 nitrogen and oxygen atoms in total. The summed E-state index contributed by atoms with van der Waals surface area (Å²) in [4.78, 5) is 19.6. The molecule has 0 saturated carbocycles. The third-order valence-electron chi connectivity index (χ3n) is 6.01. The van der Waals surface area contributed by atoms with Crippen LogP contribution in [0.5, 0.6) is 11.5 Å². The minimum atomic E-state index is -0.467. The molecule has 1 N–H and O–H groups in total. The minimum absolute atomic E-state index is 0.139. The van der Waals surface area contributed by atoms with Crippen molar-refractivity contribution in [3.05, 3.63) is 65.7 Å². The van der Waals surface area contributed by atoms with Crippen LogP contribution in [0.4, 0.5) is 4.79 Å². The lowest BCUT2D eigenvalue weighted by atomic mass is 9.94. The summed E-state index contributed by atoms with van der Waals surface area (Å²) in [5.41, 5.74) is 3.14. The van der Waals surface area contributed by atoms with Gasteiger partial charge in [0.2, 0.25) is 5.82 Å². The van der Waals surface area contributed by atoms with Crippen molar-refractivity contribution in [2.24, 2.45) is 0 Å². The number of carbonyl (C=O) groups excluding carboxylic acids is 1. The van der Waals surface area contributed by atoms with Gasteiger partial charge in [-0.1, -0.05) is 29.4 Å². The highest BCUT2D eigenvalue weighted by molar-refractivity contribution is 5.86. The highest BCUT2D eigenvalue weighted by Gasteiger charge is 2.35. The number of amides is 2. The van der Waals surface area contributed by atoms with Gasteiger partial charge >= 0.3 is 6.03 Å². The SMILES string of the molecule is COc1ccc(C2NC(=O)N(CCCOC(C)C)C(C)=C2c2nc(-c3cccc(OC)c3)no2)cc1. The van der Waals surface area contributed by atoms with Crippen molar-refractivity contribution in [3.8, 4) is 22.9 Å². The van der Waals surface area contributed by atoms with E-state index in [1.165, 1.54) is 0 Å². The van der Waals surface area contributed by atoms with Crippen LogP contribution in [0.2, 0.25) is 0 Å². The number of allylic oxidation sites excluding steroid dienone is 1. The number of urea groups is 1. The fraction of sp³-hybridized carbons (Fsp3) is 0.370. The first-order valence-corrected chi connectivity index (χ1v) is 11.9. The van der Waals surface area contributed by atoms with Crippen LogP contribution >= 0.6 is 0 Å². The van der Waals surface area contributed by atoms with E-state index in [0.29, 0.717) is 37.0 Å². The van der Waals surface area contributed by atoms with E-state index in [2.05, 4.69) is 10.5 Å². The Labute approximate surface area is 211 Å². The molecular weight excluding hydrogens is 460 g/mol. The second kappa shape index (κ2) is 11.3. The summed E-state index contributed by atoms with van der Waals surface area (Å²) in [6.45, 7) is 6.95. The summed E-state index contributed by atoms with van der Waals surface area (Å²) in [7, 11) is 3.23. The average Bonchev–Trinajstić information content (AvgIpc) is 3.37. The summed E-state index contributed by atoms with van der Waals surface area (Å²) in [6.07, 6.45) is 0.836. The van der Waals surface area contributed by atoms with E-state index in [1.807, 2.05) is 69.3 Å². The van der Waals surface area contributed by atoms with Crippen LogP contribution in [-0.4, -0.2) is 54.5 Å². The molecule has 2 amide bonds. The molecule has 0 spiro atoms. The van der Waals surface area contributed by atoms with E-state index in [1.54, 1.807) is 19.1 Å². The number of nitrogens with zero attached hydrogens (tertiary/aromatic N) is 3. The van der Waals surface area contributed by atoms with Crippen LogP contribution in [0.15, 0.2) is 58.8 Å². The zero-order valence-corrected chi connectivity index (χ0v) is 21.3. The standard InChI is InChI=1S/C27H32N4O5/c1-17(2)35-15-7-14-31-18(3)23(24(28-27(31)32)19-10-12-21(33-4)13-11-19)26-29-25(30-36-26)20-8-6-9-22(16-20)34-5/h6,8-13,16-17,24H,7,14-15H2,1-5H3,(H,28,32). The molecule has 1 aliphatic rings. The molecule has 1 aromatic heterocycles. The molecule has 3 aromatic rings. The number of ether oxygens (including phenoxy) is 3. The van der Waals surface area contributed by atoms with Gasteiger partial charge in [-0.15, -0.1) is 0 Å². The van der Waals surface area contributed by atoms with Gasteiger partial charge in [-0.05, 0) is 57.0 Å². The zero-order valence-electron chi connectivity index (χ0n) is 21.3. The number of carbonyl (C=O) groups is 1. The second-order valence-corrected chi connectivity index (χ2v) is 8.73. The lowest BCUT2D eigenvalue weighted by Gasteiger charge is -2.35. The molecule has 4 rings (SSSR count). The summed E-state index contributed by atoms with van der Waals surface area (Å²) < 4.78 is 22.0. The molecule has 2 aromatic carbocycles. The van der Waals surface area contributed by atoms with E-state index in [0.717, 1.165) is 28.1 Å². The van der Waals surface area contributed by atoms with E-state index < -0.39 is 6.04 Å². The Morgan fingerprint density at radius 1 is 1.08 bits per heavy atom. The number of benzene rings is 2. The first-order valence-electron chi connectivity index (χ1n) is 11.9. The van der Waals surface area contributed by atoms with Crippen molar-refractivity contribution in [2.75, 3.05) is 27.4 Å². The van der Waals surface area contributed by atoms with Crippen LogP contribution in [0.25, 0.3) is 17.0 Å². The first-order chi connectivity index (χ1) is 17.4. The molecule has 0 aliphatic carbocycles. The number of hydrogen-bond donors (Lipinski definition) is 1. The molecule has 0 bridgehead atoms. The van der Waals surface area contributed by atoms with Gasteiger partial charge in [-0.2, -0.15) is 4.98 Å². The maximum absolute atomic E-state index is 13.1. The topological polar surface area (TPSA) is 99.0 Å². The Morgan fingerprint density at radius 3 is 2.53 bits per heavy atom. The first kappa shape index (κ1) is 25.2. The predicted molar refractivity (Wildman–Crippen MR) is 136 cm³/mol. The highest BCUT2D eigenvalue weighted by atomic mass is 16.5. The maximum Gasteiger partial charge on any atom is 0.322 e. The zero-order chi connectivity index (χ0) is 25.7. The summed E-state index contributed by atoms with van der Waals surface area (Å²) in [6, 6.07) is 14.4. The predicted octanol–water partition coefficient (Wildman–Crippen LogP) is 5.07. The molecule has 0 saturated heterocycles. The van der Waals surface area contributed by atoms with Crippen molar-refractivity contribution in [1.82, 2.24) is 20.4 Å². The fourth-order valence-corrected chi connectivity index (χ4v) is 4.13. The quantitative estimate of drug-likeness (QED) is 0.395. The Morgan fingerprint density at radius 2 is 1.83 bits per heavy atom. The molecule has 1 aliphatic heterocycles. The molecule has 0 fully saturated rings. The van der Waals surface area contributed by atoms with Crippen LogP contribution in [0, 0.1) is 0 Å². The normalized spacial score (nSPS) is 15.9. The number of methoxy groups -OCH3 is 2. The van der Waals surface area contributed by atoms with E-state index in [4.69, 9.17) is 23.7 Å². The molecular formula is C27H32N4O5. The number of nitrogens with one attached hydrogen (secondary N) is 1. The highest BCUT2D eigenvalue weighted by Crippen LogP contribution is 2.38. The van der Waals surface area contributed by atoms with Crippen molar-refractivity contribution in [2.45, 2.75) is 39.3 Å². The number of rotatable bonds is 10. The third kappa shape index (κ3) is 5.52. The van der Waals surface area contributed by atoms with E-state index >= 15 is 0 Å². The molecule has 9 heteroatoms. The van der Waals surface area contributed by atoms with E-state index in [9.17, 15) is 4.79 Å². The maximum atomic E-state index is 13.1. The molecule has 1 unspecified atom stereocenters. The van der Waals surface area contributed by atoms with Crippen molar-refractivity contribution >= 4 is 11.6 Å². The van der Waals surface area contributed by atoms with Crippen LogP contribution in [0.3, 0.4) is 0 Å². The second-order valence-electron chi connectivity index (χ2n) is 8.73. The molecule has 1 atom stereocenters. The number of hydrogen-bond acceptors (Lipinski definition) is 7. The smallest absolute Gasteiger partial charge is 0.322 e. The fourth-order valence-electron chi connectivity index (χ4n) is 4.13. The van der Waals surface area contributed by atoms with Gasteiger partial charge < -0.3 is 24.1 Å². The van der Waals surface area contributed by atoms with Crippen LogP contribution in [0.1, 0.15) is 44.7 Å². The van der Waals surface area contributed by atoms with Gasteiger partial charge in [0.15, 0.2) is 0 Å². The Kier molecular flexibility index (Phi) is 7.90. The average molecular weight is 493 g/mol. The third-order valence-corrected chi connectivity index (χ3v) is 6.01. The lowest BCUT2D eigenvalue weighted by molar-refractivity contribution is 0.0736. The van der Waals surface area contributed by atoms with Gasteiger partial charge in [0.25, 0.3) is 5.89 Å². The lowest BCUT2D eigenvalue weighted by Crippen LogP contribution is -2.46. The molecule has 190 valence electrons. The summed E-state index contributed by atoms with van der Waals surface area (Å²) >= 11 is 0. The van der Waals surface area contributed by atoms with Gasteiger partial charge in [0.1, 0.15) is 11.5 Å².